The van der Waals surface area contributed by atoms with Gasteiger partial charge in [-0.25, -0.2) is 4.98 Å². The Bertz CT molecular complexity index is 700. The summed E-state index contributed by atoms with van der Waals surface area (Å²) >= 11 is 1.62. The number of anilines is 1. The Morgan fingerprint density at radius 1 is 1.38 bits per heavy atom. The van der Waals surface area contributed by atoms with Gasteiger partial charge in [-0.05, 0) is 30.7 Å². The minimum absolute atomic E-state index is 0.0517. The molecule has 6 nitrogen and oxygen atoms in total. The molecule has 1 aromatic carbocycles. The fourth-order valence-electron chi connectivity index (χ4n) is 2.62. The summed E-state index contributed by atoms with van der Waals surface area (Å²) in [7, 11) is 0. The van der Waals surface area contributed by atoms with Gasteiger partial charge in [-0.2, -0.15) is 0 Å². The van der Waals surface area contributed by atoms with Crippen LogP contribution < -0.4 is 5.32 Å². The molecule has 1 unspecified atom stereocenters. The van der Waals surface area contributed by atoms with Crippen LogP contribution in [0.15, 0.2) is 36.7 Å². The molecule has 1 aliphatic rings. The first-order chi connectivity index (χ1) is 11.7. The van der Waals surface area contributed by atoms with Crippen LogP contribution in [-0.4, -0.2) is 44.4 Å². The number of H-pyrrole nitrogens is 1. The van der Waals surface area contributed by atoms with E-state index in [4.69, 9.17) is 0 Å². The van der Waals surface area contributed by atoms with E-state index in [0.29, 0.717) is 18.1 Å². The molecule has 3 rings (SSSR count). The van der Waals surface area contributed by atoms with Crippen molar-refractivity contribution < 1.29 is 9.59 Å². The average molecular weight is 344 g/mol. The number of nitrogens with one attached hydrogen (secondary N) is 2. The number of carbonyl (C=O) groups is 2. The number of hydrogen-bond acceptors (Lipinski definition) is 4. The van der Waals surface area contributed by atoms with Crippen LogP contribution in [0.2, 0.25) is 0 Å². The van der Waals surface area contributed by atoms with Gasteiger partial charge in [0.2, 0.25) is 11.8 Å². The van der Waals surface area contributed by atoms with Crippen LogP contribution in [0.3, 0.4) is 0 Å². The van der Waals surface area contributed by atoms with Crippen molar-refractivity contribution in [1.82, 2.24) is 14.9 Å². The summed E-state index contributed by atoms with van der Waals surface area (Å²) in [6.45, 7) is 1.97. The zero-order valence-corrected chi connectivity index (χ0v) is 14.3. The lowest BCUT2D eigenvalue weighted by atomic mass is 10.2. The number of amides is 2. The Labute approximate surface area is 145 Å². The quantitative estimate of drug-likeness (QED) is 0.874. The van der Waals surface area contributed by atoms with E-state index in [2.05, 4.69) is 15.3 Å². The lowest BCUT2D eigenvalue weighted by Gasteiger charge is -2.23. The van der Waals surface area contributed by atoms with E-state index < -0.39 is 0 Å². The Kier molecular flexibility index (Phi) is 5.20. The summed E-state index contributed by atoms with van der Waals surface area (Å²) in [5.74, 6) is 1.95. The molecule has 1 saturated heterocycles. The van der Waals surface area contributed by atoms with Gasteiger partial charge in [0.1, 0.15) is 11.9 Å². The fourth-order valence-corrected chi connectivity index (χ4v) is 3.80. The molecular formula is C17H20N4O2S. The molecule has 0 aliphatic carbocycles. The normalized spacial score (nSPS) is 17.0. The van der Waals surface area contributed by atoms with Crippen LogP contribution in [0.1, 0.15) is 19.8 Å². The molecule has 24 heavy (non-hydrogen) atoms. The summed E-state index contributed by atoms with van der Waals surface area (Å²) in [6.07, 6.45) is 4.75. The lowest BCUT2D eigenvalue weighted by molar-refractivity contribution is -0.136. The average Bonchev–Trinajstić information content (AvgIpc) is 3.27. The summed E-state index contributed by atoms with van der Waals surface area (Å²) in [4.78, 5) is 33.5. The highest BCUT2D eigenvalue weighted by atomic mass is 32.2. The second-order valence-corrected chi connectivity index (χ2v) is 6.63. The number of rotatable bonds is 5. The molecule has 2 aromatic rings. The third-order valence-electron chi connectivity index (χ3n) is 3.89. The van der Waals surface area contributed by atoms with E-state index in [-0.39, 0.29) is 17.9 Å². The summed E-state index contributed by atoms with van der Waals surface area (Å²) in [6, 6.07) is 7.10. The van der Waals surface area contributed by atoms with Gasteiger partial charge in [0.15, 0.2) is 0 Å². The standard InChI is InChI=1S/C17H20N4O2S/c1-2-3-15(22)21-11-24-10-14(21)17(23)20-13-6-4-12(5-7-13)16-18-8-9-19-16/h4-9,14H,2-3,10-11H2,1H3,(H,18,19)(H,20,23). The summed E-state index contributed by atoms with van der Waals surface area (Å²) in [5, 5.41) is 2.91. The predicted octanol–water partition coefficient (Wildman–Crippen LogP) is 2.72. The van der Waals surface area contributed by atoms with Crippen LogP contribution in [0.4, 0.5) is 5.69 Å². The first kappa shape index (κ1) is 16.6. The second kappa shape index (κ2) is 7.53. The van der Waals surface area contributed by atoms with Gasteiger partial charge in [0.05, 0.1) is 5.88 Å². The Hall–Kier alpha value is -2.28. The van der Waals surface area contributed by atoms with Crippen LogP contribution in [0.25, 0.3) is 11.4 Å². The molecule has 2 heterocycles. The van der Waals surface area contributed by atoms with Crippen molar-refractivity contribution in [2.75, 3.05) is 16.9 Å². The minimum Gasteiger partial charge on any atom is -0.345 e. The molecule has 1 atom stereocenters. The monoisotopic (exact) mass is 344 g/mol. The smallest absolute Gasteiger partial charge is 0.248 e. The minimum atomic E-state index is -0.390. The number of imidazole rings is 1. The van der Waals surface area contributed by atoms with E-state index in [1.807, 2.05) is 31.2 Å². The number of aromatic amines is 1. The van der Waals surface area contributed by atoms with Crippen molar-refractivity contribution in [3.05, 3.63) is 36.7 Å². The maximum absolute atomic E-state index is 12.5. The van der Waals surface area contributed by atoms with Gasteiger partial charge in [-0.3, -0.25) is 9.59 Å². The molecule has 1 aromatic heterocycles. The van der Waals surface area contributed by atoms with Crippen molar-refractivity contribution in [2.45, 2.75) is 25.8 Å². The van der Waals surface area contributed by atoms with Gasteiger partial charge in [0.25, 0.3) is 0 Å². The fraction of sp³-hybridized carbons (Fsp3) is 0.353. The van der Waals surface area contributed by atoms with E-state index in [1.54, 1.807) is 29.1 Å². The van der Waals surface area contributed by atoms with E-state index in [1.165, 1.54) is 0 Å². The summed E-state index contributed by atoms with van der Waals surface area (Å²) in [5.41, 5.74) is 1.67. The maximum atomic E-state index is 12.5. The molecular weight excluding hydrogens is 324 g/mol. The molecule has 0 spiro atoms. The highest BCUT2D eigenvalue weighted by Gasteiger charge is 2.34. The zero-order valence-electron chi connectivity index (χ0n) is 13.5. The van der Waals surface area contributed by atoms with Crippen molar-refractivity contribution in [2.24, 2.45) is 0 Å². The van der Waals surface area contributed by atoms with Crippen molar-refractivity contribution in [3.8, 4) is 11.4 Å². The number of nitrogens with zero attached hydrogens (tertiary/aromatic N) is 2. The number of aromatic nitrogens is 2. The van der Waals surface area contributed by atoms with Crippen LogP contribution in [0.5, 0.6) is 0 Å². The second-order valence-electron chi connectivity index (χ2n) is 5.63. The Morgan fingerprint density at radius 3 is 2.83 bits per heavy atom. The number of thioether (sulfide) groups is 1. The molecule has 2 N–H and O–H groups in total. The SMILES string of the molecule is CCCC(=O)N1CSCC1C(=O)Nc1ccc(-c2ncc[nH]2)cc1. The first-order valence-electron chi connectivity index (χ1n) is 7.97. The van der Waals surface area contributed by atoms with Gasteiger partial charge in [-0.1, -0.05) is 6.92 Å². The van der Waals surface area contributed by atoms with Crippen LogP contribution in [0, 0.1) is 0 Å². The van der Waals surface area contributed by atoms with Gasteiger partial charge < -0.3 is 15.2 Å². The van der Waals surface area contributed by atoms with Crippen molar-refractivity contribution in [3.63, 3.8) is 0 Å². The Balaban J connectivity index is 1.65. The molecule has 2 amide bonds. The third-order valence-corrected chi connectivity index (χ3v) is 4.91. The summed E-state index contributed by atoms with van der Waals surface area (Å²) < 4.78 is 0. The predicted molar refractivity (Wildman–Crippen MR) is 95.5 cm³/mol. The third kappa shape index (κ3) is 3.62. The highest BCUT2D eigenvalue weighted by Crippen LogP contribution is 2.24. The largest absolute Gasteiger partial charge is 0.345 e. The Morgan fingerprint density at radius 2 is 2.17 bits per heavy atom. The van der Waals surface area contributed by atoms with E-state index in [9.17, 15) is 9.59 Å². The van der Waals surface area contributed by atoms with Gasteiger partial charge >= 0.3 is 0 Å². The molecule has 126 valence electrons. The molecule has 7 heteroatoms. The first-order valence-corrected chi connectivity index (χ1v) is 9.12. The zero-order chi connectivity index (χ0) is 16.9. The molecule has 1 fully saturated rings. The topological polar surface area (TPSA) is 78.1 Å². The maximum Gasteiger partial charge on any atom is 0.248 e. The van der Waals surface area contributed by atoms with Crippen LogP contribution >= 0.6 is 11.8 Å². The molecule has 0 radical (unpaired) electrons. The van der Waals surface area contributed by atoms with E-state index in [0.717, 1.165) is 23.5 Å². The van der Waals surface area contributed by atoms with Gasteiger partial charge in [-0.15, -0.1) is 11.8 Å². The number of hydrogen-bond donors (Lipinski definition) is 2. The highest BCUT2D eigenvalue weighted by molar-refractivity contribution is 7.99. The van der Waals surface area contributed by atoms with Crippen LogP contribution in [-0.2, 0) is 9.59 Å². The number of carbonyl (C=O) groups excluding carboxylic acids is 2. The van der Waals surface area contributed by atoms with Crippen molar-refractivity contribution >= 4 is 29.3 Å². The van der Waals surface area contributed by atoms with Gasteiger partial charge in [0, 0.05) is 35.8 Å². The molecule has 0 saturated carbocycles. The molecule has 0 bridgehead atoms. The van der Waals surface area contributed by atoms with Crippen molar-refractivity contribution in [1.29, 1.82) is 0 Å². The lowest BCUT2D eigenvalue weighted by Crippen LogP contribution is -2.44. The van der Waals surface area contributed by atoms with E-state index >= 15 is 0 Å². The molecule has 1 aliphatic heterocycles. The number of benzene rings is 1.